The zero-order chi connectivity index (χ0) is 20.5. The molecule has 0 aliphatic rings. The first-order valence-electron chi connectivity index (χ1n) is 9.77. The van der Waals surface area contributed by atoms with Gasteiger partial charge >= 0.3 is 0 Å². The molecule has 0 amide bonds. The van der Waals surface area contributed by atoms with E-state index in [0.29, 0.717) is 35.4 Å². The summed E-state index contributed by atoms with van der Waals surface area (Å²) in [6, 6.07) is 8.38. The minimum absolute atomic E-state index is 0.307. The second kappa shape index (κ2) is 11.0. The highest BCUT2D eigenvalue weighted by Crippen LogP contribution is 2.20. The molecule has 28 heavy (non-hydrogen) atoms. The minimum Gasteiger partial charge on any atom is -0.357 e. The lowest BCUT2D eigenvalue weighted by molar-refractivity contribution is 0.178. The van der Waals surface area contributed by atoms with Crippen molar-refractivity contribution in [1.82, 2.24) is 25.7 Å². The van der Waals surface area contributed by atoms with Gasteiger partial charge in [-0.25, -0.2) is 4.99 Å². The van der Waals surface area contributed by atoms with Crippen molar-refractivity contribution in [3.8, 4) is 11.4 Å². The molecule has 2 aromatic rings. The summed E-state index contributed by atoms with van der Waals surface area (Å²) in [5, 5.41) is 11.3. The third kappa shape index (κ3) is 6.80. The number of halogens is 1. The van der Waals surface area contributed by atoms with Crippen molar-refractivity contribution >= 4 is 17.6 Å². The quantitative estimate of drug-likeness (QED) is 0.489. The van der Waals surface area contributed by atoms with Crippen LogP contribution < -0.4 is 10.6 Å². The van der Waals surface area contributed by atoms with Gasteiger partial charge in [-0.3, -0.25) is 4.90 Å². The van der Waals surface area contributed by atoms with E-state index in [0.717, 1.165) is 31.2 Å². The van der Waals surface area contributed by atoms with Crippen LogP contribution in [0.25, 0.3) is 11.4 Å². The Morgan fingerprint density at radius 2 is 1.96 bits per heavy atom. The summed E-state index contributed by atoms with van der Waals surface area (Å²) in [7, 11) is 0. The van der Waals surface area contributed by atoms with Gasteiger partial charge in [0.05, 0.1) is 0 Å². The Morgan fingerprint density at radius 1 is 1.21 bits per heavy atom. The monoisotopic (exact) mass is 406 g/mol. The van der Waals surface area contributed by atoms with E-state index in [1.165, 1.54) is 0 Å². The fourth-order valence-electron chi connectivity index (χ4n) is 2.97. The Morgan fingerprint density at radius 3 is 2.61 bits per heavy atom. The summed E-state index contributed by atoms with van der Waals surface area (Å²) in [6.07, 6.45) is 0. The van der Waals surface area contributed by atoms with Gasteiger partial charge in [-0.05, 0) is 46.8 Å². The number of guanidine groups is 1. The van der Waals surface area contributed by atoms with Gasteiger partial charge < -0.3 is 15.2 Å². The van der Waals surface area contributed by atoms with Gasteiger partial charge in [0.15, 0.2) is 5.96 Å². The molecular formula is C20H31ClN6O. The standard InChI is InChI=1S/C20H31ClN6O/c1-6-22-20(23-10-11-27(14(2)3)15(4)5)24-13-18-25-19(26-28-18)16-8-7-9-17(21)12-16/h7-9,12,14-15H,6,10-11,13H2,1-5H3,(H2,22,23,24). The van der Waals surface area contributed by atoms with E-state index in [-0.39, 0.29) is 0 Å². The molecule has 8 heteroatoms. The molecule has 2 N–H and O–H groups in total. The maximum atomic E-state index is 6.02. The van der Waals surface area contributed by atoms with E-state index in [1.54, 1.807) is 6.07 Å². The van der Waals surface area contributed by atoms with Gasteiger partial charge in [-0.15, -0.1) is 0 Å². The van der Waals surface area contributed by atoms with E-state index < -0.39 is 0 Å². The Bertz CT molecular complexity index is 751. The number of benzene rings is 1. The second-order valence-electron chi connectivity index (χ2n) is 7.07. The molecule has 154 valence electrons. The van der Waals surface area contributed by atoms with Gasteiger partial charge in [-0.1, -0.05) is 28.9 Å². The maximum Gasteiger partial charge on any atom is 0.248 e. The van der Waals surface area contributed by atoms with E-state index >= 15 is 0 Å². The average Bonchev–Trinajstić information content (AvgIpc) is 3.11. The van der Waals surface area contributed by atoms with E-state index in [9.17, 15) is 0 Å². The summed E-state index contributed by atoms with van der Waals surface area (Å²) in [5.74, 6) is 1.70. The predicted molar refractivity (Wildman–Crippen MR) is 115 cm³/mol. The molecule has 0 saturated heterocycles. The summed E-state index contributed by atoms with van der Waals surface area (Å²) < 4.78 is 5.32. The van der Waals surface area contributed by atoms with Crippen molar-refractivity contribution in [3.63, 3.8) is 0 Å². The third-order valence-corrected chi connectivity index (χ3v) is 4.49. The highest BCUT2D eigenvalue weighted by atomic mass is 35.5. The third-order valence-electron chi connectivity index (χ3n) is 4.26. The zero-order valence-electron chi connectivity index (χ0n) is 17.4. The number of aromatic nitrogens is 2. The molecule has 0 atom stereocenters. The van der Waals surface area contributed by atoms with Crippen molar-refractivity contribution in [2.45, 2.75) is 53.2 Å². The molecular weight excluding hydrogens is 376 g/mol. The first kappa shape index (κ1) is 22.2. The molecule has 0 fully saturated rings. The Balaban J connectivity index is 1.95. The van der Waals surface area contributed by atoms with Crippen LogP contribution in [0.5, 0.6) is 0 Å². The van der Waals surface area contributed by atoms with Crippen LogP contribution in [0.3, 0.4) is 0 Å². The van der Waals surface area contributed by atoms with Gasteiger partial charge in [0.2, 0.25) is 11.7 Å². The lowest BCUT2D eigenvalue weighted by Gasteiger charge is -2.30. The lowest BCUT2D eigenvalue weighted by Crippen LogP contribution is -2.45. The smallest absolute Gasteiger partial charge is 0.248 e. The van der Waals surface area contributed by atoms with Crippen molar-refractivity contribution < 1.29 is 4.52 Å². The molecule has 0 aliphatic carbocycles. The summed E-state index contributed by atoms with van der Waals surface area (Å²) in [5.41, 5.74) is 0.818. The van der Waals surface area contributed by atoms with Crippen molar-refractivity contribution in [3.05, 3.63) is 35.2 Å². The molecule has 1 aromatic heterocycles. The topological polar surface area (TPSA) is 78.6 Å². The number of hydrogen-bond donors (Lipinski definition) is 2. The van der Waals surface area contributed by atoms with E-state index in [1.807, 2.05) is 25.1 Å². The number of hydrogen-bond acceptors (Lipinski definition) is 5. The zero-order valence-corrected chi connectivity index (χ0v) is 18.1. The van der Waals surface area contributed by atoms with Crippen LogP contribution in [0, 0.1) is 0 Å². The van der Waals surface area contributed by atoms with E-state index in [2.05, 4.69) is 58.4 Å². The molecule has 0 unspecified atom stereocenters. The van der Waals surface area contributed by atoms with Gasteiger partial charge in [-0.2, -0.15) is 4.98 Å². The van der Waals surface area contributed by atoms with Crippen molar-refractivity contribution in [1.29, 1.82) is 0 Å². The number of rotatable bonds is 9. The number of aliphatic imine (C=N–C) groups is 1. The summed E-state index contributed by atoms with van der Waals surface area (Å²) in [6.45, 7) is 13.7. The van der Waals surface area contributed by atoms with Gasteiger partial charge in [0.1, 0.15) is 6.54 Å². The molecule has 1 heterocycles. The molecule has 0 bridgehead atoms. The highest BCUT2D eigenvalue weighted by molar-refractivity contribution is 6.30. The second-order valence-corrected chi connectivity index (χ2v) is 7.51. The normalized spacial score (nSPS) is 12.2. The van der Waals surface area contributed by atoms with Crippen LogP contribution in [-0.2, 0) is 6.54 Å². The van der Waals surface area contributed by atoms with E-state index in [4.69, 9.17) is 16.1 Å². The number of nitrogens with one attached hydrogen (secondary N) is 2. The molecule has 0 spiro atoms. The molecule has 0 saturated carbocycles. The molecule has 0 aliphatic heterocycles. The van der Waals surface area contributed by atoms with Crippen LogP contribution in [-0.4, -0.2) is 52.7 Å². The van der Waals surface area contributed by atoms with Gasteiger partial charge in [0, 0.05) is 42.3 Å². The predicted octanol–water partition coefficient (Wildman–Crippen LogP) is 3.56. The SMILES string of the molecule is CCNC(=NCc1nc(-c2cccc(Cl)c2)no1)NCCN(C(C)C)C(C)C. The van der Waals surface area contributed by atoms with Crippen molar-refractivity contribution in [2.75, 3.05) is 19.6 Å². The first-order valence-corrected chi connectivity index (χ1v) is 10.1. The lowest BCUT2D eigenvalue weighted by atomic mass is 10.2. The Kier molecular flexibility index (Phi) is 8.73. The van der Waals surface area contributed by atoms with Crippen molar-refractivity contribution in [2.24, 2.45) is 4.99 Å². The van der Waals surface area contributed by atoms with Crippen LogP contribution in [0.1, 0.15) is 40.5 Å². The minimum atomic E-state index is 0.307. The first-order chi connectivity index (χ1) is 13.4. The highest BCUT2D eigenvalue weighted by Gasteiger charge is 2.13. The fourth-order valence-corrected chi connectivity index (χ4v) is 3.16. The Labute approximate surface area is 172 Å². The van der Waals surface area contributed by atoms with Gasteiger partial charge in [0.25, 0.3) is 0 Å². The summed E-state index contributed by atoms with van der Waals surface area (Å²) in [4.78, 5) is 11.4. The number of nitrogens with zero attached hydrogens (tertiary/aromatic N) is 4. The average molecular weight is 407 g/mol. The van der Waals surface area contributed by atoms with Crippen LogP contribution in [0.15, 0.2) is 33.8 Å². The van der Waals surface area contributed by atoms with Crippen LogP contribution in [0.4, 0.5) is 0 Å². The molecule has 1 aromatic carbocycles. The Hall–Kier alpha value is -2.12. The van der Waals surface area contributed by atoms with Crippen LogP contribution >= 0.6 is 11.6 Å². The molecule has 7 nitrogen and oxygen atoms in total. The largest absolute Gasteiger partial charge is 0.357 e. The maximum absolute atomic E-state index is 6.02. The fraction of sp³-hybridized carbons (Fsp3) is 0.550. The van der Waals surface area contributed by atoms with Crippen LogP contribution in [0.2, 0.25) is 5.02 Å². The summed E-state index contributed by atoms with van der Waals surface area (Å²) >= 11 is 6.02. The molecule has 2 rings (SSSR count). The molecule has 0 radical (unpaired) electrons.